The molecule has 1 amide bonds. The Labute approximate surface area is 110 Å². The fourth-order valence-corrected chi connectivity index (χ4v) is 1.86. The van der Waals surface area contributed by atoms with Crippen molar-refractivity contribution < 1.29 is 18.3 Å². The van der Waals surface area contributed by atoms with E-state index in [-0.39, 0.29) is 24.9 Å². The quantitative estimate of drug-likeness (QED) is 0.914. The summed E-state index contributed by atoms with van der Waals surface area (Å²) in [5.41, 5.74) is 0.339. The Kier molecular flexibility index (Phi) is 3.68. The highest BCUT2D eigenvalue weighted by molar-refractivity contribution is 5.94. The van der Waals surface area contributed by atoms with E-state index in [2.05, 4.69) is 10.3 Å². The van der Waals surface area contributed by atoms with Crippen LogP contribution in [-0.2, 0) is 0 Å². The lowest BCUT2D eigenvalue weighted by Gasteiger charge is -2.35. The maximum atomic E-state index is 12.6. The summed E-state index contributed by atoms with van der Waals surface area (Å²) in [6.45, 7) is 3.75. The molecular weight excluding hydrogens is 254 g/mol. The molecule has 0 radical (unpaired) electrons. The third-order valence-corrected chi connectivity index (χ3v) is 2.78. The van der Waals surface area contributed by atoms with Gasteiger partial charge in [-0.15, -0.1) is 0 Å². The zero-order valence-electron chi connectivity index (χ0n) is 10.8. The molecule has 6 heteroatoms. The molecule has 0 saturated heterocycles. The average Bonchev–Trinajstić information content (AvgIpc) is 2.26. The van der Waals surface area contributed by atoms with Gasteiger partial charge in [-0.05, 0) is 19.9 Å². The van der Waals surface area contributed by atoms with Crippen molar-refractivity contribution in [3.05, 3.63) is 23.9 Å². The third-order valence-electron chi connectivity index (χ3n) is 2.78. The van der Waals surface area contributed by atoms with E-state index in [1.807, 2.05) is 13.8 Å². The standard InChI is InChI=1S/C13H16F2N2O2/c1-8(2)19-11-4-3-9(7-16-11)12(18)17-10-5-13(14,15)6-10/h3-4,7-8,10H,5-6H2,1-2H3,(H,17,18). The summed E-state index contributed by atoms with van der Waals surface area (Å²) < 4.78 is 30.6. The van der Waals surface area contributed by atoms with Crippen LogP contribution in [-0.4, -0.2) is 29.0 Å². The van der Waals surface area contributed by atoms with Gasteiger partial charge in [-0.25, -0.2) is 13.8 Å². The summed E-state index contributed by atoms with van der Waals surface area (Å²) in [7, 11) is 0. The smallest absolute Gasteiger partial charge is 0.253 e. The van der Waals surface area contributed by atoms with E-state index in [1.165, 1.54) is 6.20 Å². The van der Waals surface area contributed by atoms with Crippen LogP contribution in [0.2, 0.25) is 0 Å². The fraction of sp³-hybridized carbons (Fsp3) is 0.538. The van der Waals surface area contributed by atoms with Crippen LogP contribution in [0.5, 0.6) is 5.88 Å². The lowest BCUT2D eigenvalue weighted by atomic mass is 9.88. The molecule has 0 atom stereocenters. The van der Waals surface area contributed by atoms with Crippen molar-refractivity contribution in [2.24, 2.45) is 0 Å². The maximum absolute atomic E-state index is 12.6. The van der Waals surface area contributed by atoms with Crippen molar-refractivity contribution in [2.75, 3.05) is 0 Å². The van der Waals surface area contributed by atoms with Gasteiger partial charge in [0.2, 0.25) is 5.88 Å². The van der Waals surface area contributed by atoms with E-state index in [4.69, 9.17) is 4.74 Å². The Balaban J connectivity index is 1.89. The summed E-state index contributed by atoms with van der Waals surface area (Å²) in [4.78, 5) is 15.7. The second-order valence-electron chi connectivity index (χ2n) is 4.99. The van der Waals surface area contributed by atoms with E-state index >= 15 is 0 Å². The molecule has 1 aliphatic carbocycles. The number of carbonyl (C=O) groups is 1. The molecule has 0 aliphatic heterocycles. The molecule has 2 rings (SSSR count). The van der Waals surface area contributed by atoms with Gasteiger partial charge >= 0.3 is 0 Å². The van der Waals surface area contributed by atoms with Crippen LogP contribution < -0.4 is 10.1 Å². The summed E-state index contributed by atoms with van der Waals surface area (Å²) in [5, 5.41) is 2.55. The lowest BCUT2D eigenvalue weighted by molar-refractivity contribution is -0.0901. The number of pyridine rings is 1. The normalized spacial score (nSPS) is 17.9. The van der Waals surface area contributed by atoms with E-state index in [1.54, 1.807) is 12.1 Å². The summed E-state index contributed by atoms with van der Waals surface area (Å²) >= 11 is 0. The first-order valence-corrected chi connectivity index (χ1v) is 6.17. The van der Waals surface area contributed by atoms with Crippen LogP contribution in [0.1, 0.15) is 37.0 Å². The molecule has 104 valence electrons. The molecule has 0 spiro atoms. The van der Waals surface area contributed by atoms with Crippen molar-refractivity contribution >= 4 is 5.91 Å². The molecule has 1 heterocycles. The van der Waals surface area contributed by atoms with E-state index in [0.717, 1.165) is 0 Å². The Bertz CT molecular complexity index is 452. The highest BCUT2D eigenvalue weighted by atomic mass is 19.3. The second-order valence-corrected chi connectivity index (χ2v) is 4.99. The van der Waals surface area contributed by atoms with E-state index < -0.39 is 12.0 Å². The number of alkyl halides is 2. The molecule has 1 fully saturated rings. The first-order valence-electron chi connectivity index (χ1n) is 6.17. The number of halogens is 2. The first-order chi connectivity index (χ1) is 8.85. The third kappa shape index (κ3) is 3.62. The molecule has 1 saturated carbocycles. The molecule has 0 aromatic carbocycles. The zero-order valence-corrected chi connectivity index (χ0v) is 10.8. The summed E-state index contributed by atoms with van der Waals surface area (Å²) in [6, 6.07) is 2.70. The number of nitrogens with one attached hydrogen (secondary N) is 1. The SMILES string of the molecule is CC(C)Oc1ccc(C(=O)NC2CC(F)(F)C2)cn1. The molecule has 0 bridgehead atoms. The minimum Gasteiger partial charge on any atom is -0.475 e. The highest BCUT2D eigenvalue weighted by Crippen LogP contribution is 2.37. The predicted octanol–water partition coefficient (Wildman–Crippen LogP) is 2.40. The molecular formula is C13H16F2N2O2. The van der Waals surface area contributed by atoms with E-state index in [0.29, 0.717) is 11.4 Å². The number of rotatable bonds is 4. The van der Waals surface area contributed by atoms with Gasteiger partial charge in [-0.3, -0.25) is 4.79 Å². The van der Waals surface area contributed by atoms with Gasteiger partial charge in [0.1, 0.15) is 0 Å². The van der Waals surface area contributed by atoms with Crippen LogP contribution in [0.15, 0.2) is 18.3 Å². The second kappa shape index (κ2) is 5.11. The van der Waals surface area contributed by atoms with Gasteiger partial charge in [-0.2, -0.15) is 0 Å². The van der Waals surface area contributed by atoms with Gasteiger partial charge in [-0.1, -0.05) is 0 Å². The number of amides is 1. The van der Waals surface area contributed by atoms with Crippen molar-refractivity contribution in [1.82, 2.24) is 10.3 Å². The molecule has 1 aromatic heterocycles. The topological polar surface area (TPSA) is 51.2 Å². The number of hydrogen-bond donors (Lipinski definition) is 1. The molecule has 4 nitrogen and oxygen atoms in total. The fourth-order valence-electron chi connectivity index (χ4n) is 1.86. The Morgan fingerprint density at radius 1 is 1.47 bits per heavy atom. The first kappa shape index (κ1) is 13.7. The van der Waals surface area contributed by atoms with Crippen molar-refractivity contribution in [2.45, 2.75) is 44.8 Å². The van der Waals surface area contributed by atoms with Gasteiger partial charge in [0.25, 0.3) is 11.8 Å². The van der Waals surface area contributed by atoms with Crippen LogP contribution in [0.4, 0.5) is 8.78 Å². The average molecular weight is 270 g/mol. The number of nitrogens with zero attached hydrogens (tertiary/aromatic N) is 1. The summed E-state index contributed by atoms with van der Waals surface area (Å²) in [6.07, 6.45) is 0.801. The number of hydrogen-bond acceptors (Lipinski definition) is 3. The largest absolute Gasteiger partial charge is 0.475 e. The number of ether oxygens (including phenoxy) is 1. The van der Waals surface area contributed by atoms with Crippen molar-refractivity contribution in [3.63, 3.8) is 0 Å². The van der Waals surface area contributed by atoms with Gasteiger partial charge in [0.15, 0.2) is 0 Å². The Morgan fingerprint density at radius 2 is 2.16 bits per heavy atom. The zero-order chi connectivity index (χ0) is 14.0. The number of aromatic nitrogens is 1. The Morgan fingerprint density at radius 3 is 2.63 bits per heavy atom. The number of carbonyl (C=O) groups excluding carboxylic acids is 1. The van der Waals surface area contributed by atoms with Crippen molar-refractivity contribution in [1.29, 1.82) is 0 Å². The minimum absolute atomic E-state index is 0.00406. The molecule has 1 aliphatic rings. The van der Waals surface area contributed by atoms with Gasteiger partial charge < -0.3 is 10.1 Å². The predicted molar refractivity (Wildman–Crippen MR) is 65.4 cm³/mol. The van der Waals surface area contributed by atoms with E-state index in [9.17, 15) is 13.6 Å². The monoisotopic (exact) mass is 270 g/mol. The minimum atomic E-state index is -2.63. The molecule has 1 N–H and O–H groups in total. The van der Waals surface area contributed by atoms with Crippen LogP contribution in [0.25, 0.3) is 0 Å². The van der Waals surface area contributed by atoms with Crippen LogP contribution >= 0.6 is 0 Å². The van der Waals surface area contributed by atoms with Gasteiger partial charge in [0.05, 0.1) is 11.7 Å². The van der Waals surface area contributed by atoms with Crippen molar-refractivity contribution in [3.8, 4) is 5.88 Å². The molecule has 19 heavy (non-hydrogen) atoms. The van der Waals surface area contributed by atoms with Crippen LogP contribution in [0, 0.1) is 0 Å². The molecule has 1 aromatic rings. The molecule has 0 unspecified atom stereocenters. The van der Waals surface area contributed by atoms with Gasteiger partial charge in [0, 0.05) is 31.1 Å². The maximum Gasteiger partial charge on any atom is 0.253 e. The Hall–Kier alpha value is -1.72. The lowest BCUT2D eigenvalue weighted by Crippen LogP contribution is -2.50. The summed E-state index contributed by atoms with van der Waals surface area (Å²) in [5.74, 6) is -2.59. The van der Waals surface area contributed by atoms with Crippen LogP contribution in [0.3, 0.4) is 0 Å². The highest BCUT2D eigenvalue weighted by Gasteiger charge is 2.45.